The number of aryl methyl sites for hydroxylation is 1. The molecule has 4 nitrogen and oxygen atoms in total. The highest BCUT2D eigenvalue weighted by molar-refractivity contribution is 5.95. The van der Waals surface area contributed by atoms with Crippen molar-refractivity contribution in [2.75, 3.05) is 25.5 Å². The zero-order valence-electron chi connectivity index (χ0n) is 13.3. The fourth-order valence-corrected chi connectivity index (χ4v) is 3.19. The van der Waals surface area contributed by atoms with Crippen molar-refractivity contribution < 1.29 is 9.53 Å². The largest absolute Gasteiger partial charge is 0.496 e. The van der Waals surface area contributed by atoms with Crippen LogP contribution in [0.4, 0.5) is 5.69 Å². The molecular formula is C17H26N2O2. The number of amides is 1. The van der Waals surface area contributed by atoms with Gasteiger partial charge in [0.1, 0.15) is 5.75 Å². The van der Waals surface area contributed by atoms with Gasteiger partial charge in [-0.15, -0.1) is 0 Å². The molecule has 0 aliphatic carbocycles. The van der Waals surface area contributed by atoms with Crippen LogP contribution in [0.1, 0.15) is 38.2 Å². The van der Waals surface area contributed by atoms with Gasteiger partial charge in [0.25, 0.3) is 0 Å². The molecule has 2 N–H and O–H groups in total. The van der Waals surface area contributed by atoms with Gasteiger partial charge in [-0.1, -0.05) is 13.3 Å². The minimum Gasteiger partial charge on any atom is -0.496 e. The second-order valence-corrected chi connectivity index (χ2v) is 5.92. The van der Waals surface area contributed by atoms with Gasteiger partial charge >= 0.3 is 0 Å². The fraction of sp³-hybridized carbons (Fsp3) is 0.588. The number of hydrogen-bond acceptors (Lipinski definition) is 3. The lowest BCUT2D eigenvalue weighted by atomic mass is 9.74. The zero-order valence-corrected chi connectivity index (χ0v) is 13.3. The summed E-state index contributed by atoms with van der Waals surface area (Å²) >= 11 is 0. The molecule has 2 rings (SSSR count). The maximum Gasteiger partial charge on any atom is 0.230 e. The van der Waals surface area contributed by atoms with E-state index in [0.29, 0.717) is 0 Å². The Hall–Kier alpha value is -1.55. The molecule has 1 saturated heterocycles. The molecule has 4 heteroatoms. The second kappa shape index (κ2) is 6.94. The molecule has 116 valence electrons. The van der Waals surface area contributed by atoms with Gasteiger partial charge in [0, 0.05) is 5.69 Å². The Kier molecular flexibility index (Phi) is 5.23. The second-order valence-electron chi connectivity index (χ2n) is 5.92. The number of carbonyl (C=O) groups excluding carboxylic acids is 1. The van der Waals surface area contributed by atoms with Crippen molar-refractivity contribution in [3.05, 3.63) is 23.8 Å². The van der Waals surface area contributed by atoms with Crippen LogP contribution >= 0.6 is 0 Å². The molecule has 0 saturated carbocycles. The van der Waals surface area contributed by atoms with E-state index >= 15 is 0 Å². The average Bonchev–Trinajstić information content (AvgIpc) is 2.48. The molecule has 0 aromatic heterocycles. The summed E-state index contributed by atoms with van der Waals surface area (Å²) in [5, 5.41) is 6.45. The topological polar surface area (TPSA) is 50.4 Å². The molecule has 0 radical (unpaired) electrons. The van der Waals surface area contributed by atoms with E-state index in [1.807, 2.05) is 25.1 Å². The highest BCUT2D eigenvalue weighted by Gasteiger charge is 2.38. The van der Waals surface area contributed by atoms with Gasteiger partial charge in [0.15, 0.2) is 0 Å². The first-order chi connectivity index (χ1) is 10.1. The van der Waals surface area contributed by atoms with E-state index in [9.17, 15) is 4.79 Å². The van der Waals surface area contributed by atoms with E-state index < -0.39 is 0 Å². The molecule has 0 atom stereocenters. The third-order valence-corrected chi connectivity index (χ3v) is 4.42. The Balaban J connectivity index is 2.13. The summed E-state index contributed by atoms with van der Waals surface area (Å²) in [7, 11) is 1.66. The molecule has 1 aliphatic heterocycles. The molecule has 21 heavy (non-hydrogen) atoms. The minimum absolute atomic E-state index is 0.162. The molecular weight excluding hydrogens is 264 g/mol. The molecule has 1 aromatic carbocycles. The Labute approximate surface area is 127 Å². The van der Waals surface area contributed by atoms with Crippen molar-refractivity contribution in [2.24, 2.45) is 5.41 Å². The summed E-state index contributed by atoms with van der Waals surface area (Å²) in [5.41, 5.74) is 1.67. The summed E-state index contributed by atoms with van der Waals surface area (Å²) in [6, 6.07) is 5.78. The van der Waals surface area contributed by atoms with Crippen molar-refractivity contribution >= 4 is 11.6 Å². The number of piperidine rings is 1. The molecule has 1 fully saturated rings. The quantitative estimate of drug-likeness (QED) is 0.876. The number of carbonyl (C=O) groups is 1. The highest BCUT2D eigenvalue weighted by atomic mass is 16.5. The first-order valence-electron chi connectivity index (χ1n) is 7.78. The van der Waals surface area contributed by atoms with Crippen LogP contribution in [-0.4, -0.2) is 26.1 Å². The third kappa shape index (κ3) is 3.56. The van der Waals surface area contributed by atoms with Crippen molar-refractivity contribution in [3.8, 4) is 5.75 Å². The lowest BCUT2D eigenvalue weighted by molar-refractivity contribution is -0.127. The number of nitrogens with one attached hydrogen (secondary N) is 2. The molecule has 0 bridgehead atoms. The van der Waals surface area contributed by atoms with Crippen LogP contribution in [0, 0.1) is 12.3 Å². The van der Waals surface area contributed by atoms with Gasteiger partial charge in [-0.05, 0) is 63.0 Å². The van der Waals surface area contributed by atoms with Crippen LogP contribution in [0.3, 0.4) is 0 Å². The Morgan fingerprint density at radius 3 is 2.67 bits per heavy atom. The minimum atomic E-state index is -0.214. The monoisotopic (exact) mass is 290 g/mol. The van der Waals surface area contributed by atoms with Crippen molar-refractivity contribution in [2.45, 2.75) is 39.5 Å². The maximum atomic E-state index is 12.8. The van der Waals surface area contributed by atoms with Crippen LogP contribution < -0.4 is 15.4 Å². The van der Waals surface area contributed by atoms with Crippen molar-refractivity contribution in [3.63, 3.8) is 0 Å². The number of ether oxygens (including phenoxy) is 1. The van der Waals surface area contributed by atoms with E-state index in [1.54, 1.807) is 7.11 Å². The number of rotatable bonds is 5. The van der Waals surface area contributed by atoms with Gasteiger partial charge in [-0.2, -0.15) is 0 Å². The van der Waals surface area contributed by atoms with Gasteiger partial charge in [0.05, 0.1) is 12.5 Å². The van der Waals surface area contributed by atoms with Crippen LogP contribution in [0.15, 0.2) is 18.2 Å². The van der Waals surface area contributed by atoms with Crippen LogP contribution in [-0.2, 0) is 4.79 Å². The standard InChI is InChI=1S/C17H26N2O2/c1-4-7-17(8-10-18-11-9-17)16(20)19-14-5-6-15(21-3)13(2)12-14/h5-6,12,18H,4,7-11H2,1-3H3,(H,19,20). The first kappa shape index (κ1) is 15.8. The number of benzene rings is 1. The predicted molar refractivity (Wildman–Crippen MR) is 85.8 cm³/mol. The van der Waals surface area contributed by atoms with Crippen molar-refractivity contribution in [1.29, 1.82) is 0 Å². The van der Waals surface area contributed by atoms with E-state index in [4.69, 9.17) is 4.74 Å². The Bertz CT molecular complexity index is 488. The number of methoxy groups -OCH3 is 1. The Morgan fingerprint density at radius 2 is 2.10 bits per heavy atom. The fourth-order valence-electron chi connectivity index (χ4n) is 3.19. The Morgan fingerprint density at radius 1 is 1.38 bits per heavy atom. The summed E-state index contributed by atoms with van der Waals surface area (Å²) in [6.07, 6.45) is 3.83. The molecule has 1 amide bonds. The molecule has 1 heterocycles. The lowest BCUT2D eigenvalue weighted by Crippen LogP contribution is -2.44. The molecule has 1 aromatic rings. The molecule has 0 unspecified atom stereocenters. The van der Waals surface area contributed by atoms with Crippen LogP contribution in [0.25, 0.3) is 0 Å². The van der Waals surface area contributed by atoms with E-state index in [1.165, 1.54) is 0 Å². The summed E-state index contributed by atoms with van der Waals surface area (Å²) in [5.74, 6) is 1.01. The van der Waals surface area contributed by atoms with Crippen LogP contribution in [0.2, 0.25) is 0 Å². The SMILES string of the molecule is CCCC1(C(=O)Nc2ccc(OC)c(C)c2)CCNCC1. The first-order valence-corrected chi connectivity index (χ1v) is 7.78. The smallest absolute Gasteiger partial charge is 0.230 e. The summed E-state index contributed by atoms with van der Waals surface area (Å²) in [6.45, 7) is 5.99. The summed E-state index contributed by atoms with van der Waals surface area (Å²) < 4.78 is 5.26. The summed E-state index contributed by atoms with van der Waals surface area (Å²) in [4.78, 5) is 12.8. The molecule has 0 spiro atoms. The van der Waals surface area contributed by atoms with Gasteiger partial charge < -0.3 is 15.4 Å². The van der Waals surface area contributed by atoms with Gasteiger partial charge in [-0.3, -0.25) is 4.79 Å². The van der Waals surface area contributed by atoms with Crippen molar-refractivity contribution in [1.82, 2.24) is 5.32 Å². The van der Waals surface area contributed by atoms with Gasteiger partial charge in [0.2, 0.25) is 5.91 Å². The van der Waals surface area contributed by atoms with Gasteiger partial charge in [-0.25, -0.2) is 0 Å². The van der Waals surface area contributed by atoms with E-state index in [0.717, 1.165) is 55.8 Å². The van der Waals surface area contributed by atoms with E-state index in [-0.39, 0.29) is 11.3 Å². The molecule has 1 aliphatic rings. The highest BCUT2D eigenvalue weighted by Crippen LogP contribution is 2.35. The zero-order chi connectivity index (χ0) is 15.3. The third-order valence-electron chi connectivity index (χ3n) is 4.42. The average molecular weight is 290 g/mol. The lowest BCUT2D eigenvalue weighted by Gasteiger charge is -2.36. The normalized spacial score (nSPS) is 17.3. The maximum absolute atomic E-state index is 12.8. The predicted octanol–water partition coefficient (Wildman–Crippen LogP) is 3.11. The number of hydrogen-bond donors (Lipinski definition) is 2. The van der Waals surface area contributed by atoms with Crippen LogP contribution in [0.5, 0.6) is 5.75 Å². The van der Waals surface area contributed by atoms with E-state index in [2.05, 4.69) is 17.6 Å². The number of anilines is 1.